The van der Waals surface area contributed by atoms with Crippen LogP contribution in [0.1, 0.15) is 21.8 Å². The monoisotopic (exact) mass is 311 g/mol. The molecule has 0 aliphatic carbocycles. The predicted octanol–water partition coefficient (Wildman–Crippen LogP) is 2.06. The number of nitro groups is 1. The number of rotatable bonds is 3. The van der Waals surface area contributed by atoms with E-state index >= 15 is 0 Å². The molecule has 2 amide bonds. The van der Waals surface area contributed by atoms with Gasteiger partial charge < -0.3 is 10.6 Å². The number of amides is 2. The molecule has 0 radical (unpaired) electrons. The van der Waals surface area contributed by atoms with Crippen LogP contribution in [0.3, 0.4) is 0 Å². The lowest BCUT2D eigenvalue weighted by Gasteiger charge is -2.24. The number of hydrogen-bond donors (Lipinski definition) is 2. The summed E-state index contributed by atoms with van der Waals surface area (Å²) in [5.41, 5.74) is 1.37. The highest BCUT2D eigenvalue weighted by molar-refractivity contribution is 6.03. The van der Waals surface area contributed by atoms with Crippen molar-refractivity contribution in [1.29, 1.82) is 0 Å². The van der Waals surface area contributed by atoms with E-state index in [9.17, 15) is 19.7 Å². The van der Waals surface area contributed by atoms with Crippen LogP contribution in [0.15, 0.2) is 48.5 Å². The minimum Gasteiger partial charge on any atom is -0.351 e. The molecular formula is C16H13N3O4. The van der Waals surface area contributed by atoms with E-state index in [-0.39, 0.29) is 24.0 Å². The summed E-state index contributed by atoms with van der Waals surface area (Å²) in [7, 11) is 0. The lowest BCUT2D eigenvalue weighted by molar-refractivity contribution is -0.384. The zero-order valence-corrected chi connectivity index (χ0v) is 12.0. The van der Waals surface area contributed by atoms with E-state index in [2.05, 4.69) is 10.6 Å². The first-order valence-electron chi connectivity index (χ1n) is 6.98. The van der Waals surface area contributed by atoms with Crippen molar-refractivity contribution in [3.8, 4) is 0 Å². The minimum atomic E-state index is -0.539. The smallest absolute Gasteiger partial charge is 0.271 e. The highest BCUT2D eigenvalue weighted by atomic mass is 16.6. The van der Waals surface area contributed by atoms with Crippen molar-refractivity contribution in [3.63, 3.8) is 0 Å². The van der Waals surface area contributed by atoms with Gasteiger partial charge in [0.2, 0.25) is 5.91 Å². The fourth-order valence-electron chi connectivity index (χ4n) is 2.57. The summed E-state index contributed by atoms with van der Waals surface area (Å²) in [6.07, 6.45) is 0. The van der Waals surface area contributed by atoms with Crippen LogP contribution in [-0.2, 0) is 4.79 Å². The molecule has 23 heavy (non-hydrogen) atoms. The number of carbonyl (C=O) groups excluding carboxylic acids is 2. The molecule has 1 atom stereocenters. The van der Waals surface area contributed by atoms with Gasteiger partial charge in [-0.15, -0.1) is 0 Å². The number of anilines is 1. The fourth-order valence-corrected chi connectivity index (χ4v) is 2.57. The van der Waals surface area contributed by atoms with Gasteiger partial charge in [0, 0.05) is 29.9 Å². The van der Waals surface area contributed by atoms with Crippen LogP contribution in [0.2, 0.25) is 0 Å². The van der Waals surface area contributed by atoms with Crippen molar-refractivity contribution >= 4 is 23.2 Å². The predicted molar refractivity (Wildman–Crippen MR) is 83.2 cm³/mol. The zero-order valence-electron chi connectivity index (χ0n) is 12.0. The molecule has 0 fully saturated rings. The van der Waals surface area contributed by atoms with E-state index < -0.39 is 10.8 Å². The van der Waals surface area contributed by atoms with Gasteiger partial charge in [-0.25, -0.2) is 0 Å². The Kier molecular flexibility index (Phi) is 3.76. The van der Waals surface area contributed by atoms with Crippen LogP contribution in [0.4, 0.5) is 11.4 Å². The van der Waals surface area contributed by atoms with Crippen molar-refractivity contribution < 1.29 is 14.5 Å². The quantitative estimate of drug-likeness (QED) is 0.669. The summed E-state index contributed by atoms with van der Waals surface area (Å²) >= 11 is 0. The van der Waals surface area contributed by atoms with Gasteiger partial charge in [0.05, 0.1) is 10.8 Å². The van der Waals surface area contributed by atoms with Crippen molar-refractivity contribution in [1.82, 2.24) is 5.32 Å². The Bertz CT molecular complexity index is 803. The van der Waals surface area contributed by atoms with Crippen LogP contribution in [0.25, 0.3) is 0 Å². The standard InChI is InChI=1S/C16H13N3O4/c20-15-13-7-2-1-6-12(13)14(9-17-15)16(21)18-10-4-3-5-11(8-10)19(22)23/h1-8,14H,9H2,(H,17,20)(H,18,21). The van der Waals surface area contributed by atoms with Gasteiger partial charge in [0.25, 0.3) is 11.6 Å². The molecule has 0 spiro atoms. The van der Waals surface area contributed by atoms with Crippen LogP contribution in [0, 0.1) is 10.1 Å². The Morgan fingerprint density at radius 3 is 2.78 bits per heavy atom. The zero-order chi connectivity index (χ0) is 16.4. The summed E-state index contributed by atoms with van der Waals surface area (Å²) < 4.78 is 0. The van der Waals surface area contributed by atoms with E-state index in [0.717, 1.165) is 0 Å². The van der Waals surface area contributed by atoms with E-state index in [0.29, 0.717) is 16.8 Å². The summed E-state index contributed by atoms with van der Waals surface area (Å²) in [4.78, 5) is 34.6. The van der Waals surface area contributed by atoms with Crippen LogP contribution < -0.4 is 10.6 Å². The molecule has 0 saturated carbocycles. The number of nitro benzene ring substituents is 1. The Morgan fingerprint density at radius 1 is 1.22 bits per heavy atom. The molecule has 2 aromatic carbocycles. The molecule has 2 N–H and O–H groups in total. The molecule has 1 aliphatic rings. The maximum Gasteiger partial charge on any atom is 0.271 e. The first-order valence-corrected chi connectivity index (χ1v) is 6.98. The molecule has 2 aromatic rings. The molecular weight excluding hydrogens is 298 g/mol. The third-order valence-corrected chi connectivity index (χ3v) is 3.69. The molecule has 1 unspecified atom stereocenters. The highest BCUT2D eigenvalue weighted by Crippen LogP contribution is 2.26. The fraction of sp³-hybridized carbons (Fsp3) is 0.125. The number of benzene rings is 2. The Balaban J connectivity index is 1.84. The van der Waals surface area contributed by atoms with Crippen LogP contribution in [-0.4, -0.2) is 23.3 Å². The van der Waals surface area contributed by atoms with Gasteiger partial charge in [-0.1, -0.05) is 24.3 Å². The molecule has 0 bridgehead atoms. The summed E-state index contributed by atoms with van der Waals surface area (Å²) in [5, 5.41) is 16.1. The first kappa shape index (κ1) is 14.7. The average molecular weight is 311 g/mol. The van der Waals surface area contributed by atoms with Gasteiger partial charge in [-0.05, 0) is 17.7 Å². The summed E-state index contributed by atoms with van der Waals surface area (Å²) in [6, 6.07) is 12.6. The van der Waals surface area contributed by atoms with Crippen molar-refractivity contribution in [3.05, 3.63) is 69.8 Å². The van der Waals surface area contributed by atoms with Gasteiger partial charge in [-0.2, -0.15) is 0 Å². The molecule has 116 valence electrons. The SMILES string of the molecule is O=C1NCC(C(=O)Nc2cccc([N+](=O)[O-])c2)c2ccccc21. The lowest BCUT2D eigenvalue weighted by atomic mass is 9.89. The van der Waals surface area contributed by atoms with Gasteiger partial charge in [0.1, 0.15) is 0 Å². The number of hydrogen-bond acceptors (Lipinski definition) is 4. The average Bonchev–Trinajstić information content (AvgIpc) is 2.55. The van der Waals surface area contributed by atoms with E-state index in [4.69, 9.17) is 0 Å². The molecule has 0 saturated heterocycles. The maximum absolute atomic E-state index is 12.5. The van der Waals surface area contributed by atoms with Crippen LogP contribution >= 0.6 is 0 Å². The van der Waals surface area contributed by atoms with Crippen LogP contribution in [0.5, 0.6) is 0 Å². The first-order chi connectivity index (χ1) is 11.1. The molecule has 0 aromatic heterocycles. The van der Waals surface area contributed by atoms with E-state index in [1.807, 2.05) is 0 Å². The third-order valence-electron chi connectivity index (χ3n) is 3.69. The lowest BCUT2D eigenvalue weighted by Crippen LogP contribution is -2.40. The second-order valence-corrected chi connectivity index (χ2v) is 5.15. The molecule has 1 aliphatic heterocycles. The Hall–Kier alpha value is -3.22. The number of non-ortho nitro benzene ring substituents is 1. The van der Waals surface area contributed by atoms with Gasteiger partial charge >= 0.3 is 0 Å². The number of fused-ring (bicyclic) bond motifs is 1. The number of carbonyl (C=O) groups is 2. The Morgan fingerprint density at radius 2 is 2.00 bits per heavy atom. The number of nitrogens with one attached hydrogen (secondary N) is 2. The van der Waals surface area contributed by atoms with E-state index in [1.165, 1.54) is 18.2 Å². The molecule has 7 heteroatoms. The number of nitrogens with zero attached hydrogens (tertiary/aromatic N) is 1. The Labute approximate surface area is 131 Å². The topological polar surface area (TPSA) is 101 Å². The second kappa shape index (κ2) is 5.88. The second-order valence-electron chi connectivity index (χ2n) is 5.15. The summed E-state index contributed by atoms with van der Waals surface area (Å²) in [5.74, 6) is -1.07. The van der Waals surface area contributed by atoms with Crippen molar-refractivity contribution in [2.75, 3.05) is 11.9 Å². The molecule has 7 nitrogen and oxygen atoms in total. The largest absolute Gasteiger partial charge is 0.351 e. The third kappa shape index (κ3) is 2.89. The molecule has 1 heterocycles. The van der Waals surface area contributed by atoms with Crippen molar-refractivity contribution in [2.24, 2.45) is 0 Å². The van der Waals surface area contributed by atoms with Crippen molar-refractivity contribution in [2.45, 2.75) is 5.92 Å². The molecule has 3 rings (SSSR count). The highest BCUT2D eigenvalue weighted by Gasteiger charge is 2.30. The van der Waals surface area contributed by atoms with E-state index in [1.54, 1.807) is 30.3 Å². The van der Waals surface area contributed by atoms with Gasteiger partial charge in [-0.3, -0.25) is 19.7 Å². The minimum absolute atomic E-state index is 0.0971. The summed E-state index contributed by atoms with van der Waals surface area (Å²) in [6.45, 7) is 0.191. The van der Waals surface area contributed by atoms with Gasteiger partial charge in [0.15, 0.2) is 0 Å². The maximum atomic E-state index is 12.5. The normalized spacial score (nSPS) is 16.2.